The number of benzene rings is 1. The molecule has 2 aromatic heterocycles. The zero-order chi connectivity index (χ0) is 31.1. The van der Waals surface area contributed by atoms with E-state index in [9.17, 15) is 14.4 Å². The van der Waals surface area contributed by atoms with Crippen LogP contribution in [0.15, 0.2) is 60.8 Å². The number of piperidine rings is 1. The molecule has 226 valence electrons. The second-order valence-electron chi connectivity index (χ2n) is 12.2. The molecular weight excluding hydrogens is 540 g/mol. The molecule has 1 aliphatic heterocycles. The lowest BCUT2D eigenvalue weighted by Crippen LogP contribution is -2.62. The minimum absolute atomic E-state index is 0.103. The lowest BCUT2D eigenvalue weighted by molar-refractivity contribution is -0.170. The minimum Gasteiger partial charge on any atom is -0.481 e. The molecule has 1 aliphatic rings. The Morgan fingerprint density at radius 3 is 1.98 bits per heavy atom. The van der Waals surface area contributed by atoms with Crippen molar-refractivity contribution in [3.8, 4) is 0 Å². The van der Waals surface area contributed by atoms with Crippen LogP contribution in [0.3, 0.4) is 0 Å². The number of hydrogen-bond acceptors (Lipinski definition) is 8. The van der Waals surface area contributed by atoms with Gasteiger partial charge in [0.2, 0.25) is 0 Å². The third kappa shape index (κ3) is 9.57. The Balaban J connectivity index is 0.000000316. The number of aliphatic hydroxyl groups is 1. The number of pyridine rings is 2. The second kappa shape index (κ2) is 13.4. The minimum atomic E-state index is -2.74. The number of rotatable bonds is 10. The van der Waals surface area contributed by atoms with Gasteiger partial charge in [-0.2, -0.15) is 0 Å². The number of carbonyl (C=O) groups is 3. The largest absolute Gasteiger partial charge is 0.481 e. The molecule has 0 spiro atoms. The lowest BCUT2D eigenvalue weighted by Gasteiger charge is -2.49. The Morgan fingerprint density at radius 2 is 1.43 bits per heavy atom. The Kier molecular flexibility index (Phi) is 10.4. The van der Waals surface area contributed by atoms with Gasteiger partial charge >= 0.3 is 17.9 Å². The Morgan fingerprint density at radius 1 is 0.857 bits per heavy atom. The van der Waals surface area contributed by atoms with Crippen LogP contribution in [0.2, 0.25) is 0 Å². The van der Waals surface area contributed by atoms with Gasteiger partial charge in [0.25, 0.3) is 0 Å². The van der Waals surface area contributed by atoms with Crippen LogP contribution in [0.4, 0.5) is 0 Å². The summed E-state index contributed by atoms with van der Waals surface area (Å²) in [5.74, 6) is -5.02. The summed E-state index contributed by atoms with van der Waals surface area (Å²) in [5, 5.41) is 38.8. The third-order valence-corrected chi connectivity index (χ3v) is 7.08. The normalized spacial score (nSPS) is 16.4. The van der Waals surface area contributed by atoms with Crippen molar-refractivity contribution in [3.05, 3.63) is 72.2 Å². The molecule has 3 heterocycles. The number of carboxylic acids is 3. The SMILES string of the molecule is CC1(C)CC(N(Cc2ccccn2)Cc2ccc3ccccc3n2)CC(C)(C)N1.O=C(O)CC(O)(CC(=O)O)C(=O)O. The van der Waals surface area contributed by atoms with E-state index in [-0.39, 0.29) is 11.1 Å². The summed E-state index contributed by atoms with van der Waals surface area (Å²) >= 11 is 0. The van der Waals surface area contributed by atoms with E-state index in [0.29, 0.717) is 6.04 Å². The zero-order valence-electron chi connectivity index (χ0n) is 24.4. The Hall–Kier alpha value is -3.93. The van der Waals surface area contributed by atoms with Crippen LogP contribution in [0.5, 0.6) is 0 Å². The predicted octanol–water partition coefficient (Wildman–Crippen LogP) is 3.69. The highest BCUT2D eigenvalue weighted by Crippen LogP contribution is 2.33. The van der Waals surface area contributed by atoms with Crippen LogP contribution in [0, 0.1) is 0 Å². The van der Waals surface area contributed by atoms with Gasteiger partial charge in [-0.25, -0.2) is 4.79 Å². The van der Waals surface area contributed by atoms with E-state index in [4.69, 9.17) is 25.4 Å². The van der Waals surface area contributed by atoms with Gasteiger partial charge in [-0.15, -0.1) is 0 Å². The number of nitrogens with zero attached hydrogens (tertiary/aromatic N) is 3. The molecule has 0 unspecified atom stereocenters. The fourth-order valence-corrected chi connectivity index (χ4v) is 5.66. The third-order valence-electron chi connectivity index (χ3n) is 7.08. The molecule has 0 bridgehead atoms. The fraction of sp³-hybridized carbons (Fsp3) is 0.452. The highest BCUT2D eigenvalue weighted by atomic mass is 16.4. The molecule has 4 rings (SSSR count). The summed E-state index contributed by atoms with van der Waals surface area (Å²) in [6, 6.07) is 19.3. The first kappa shape index (κ1) is 32.6. The van der Waals surface area contributed by atoms with E-state index in [1.54, 1.807) is 0 Å². The number of para-hydroxylation sites is 1. The molecule has 1 saturated heterocycles. The number of fused-ring (bicyclic) bond motifs is 1. The van der Waals surface area contributed by atoms with E-state index in [2.05, 4.69) is 91.4 Å². The van der Waals surface area contributed by atoms with Crippen LogP contribution >= 0.6 is 0 Å². The van der Waals surface area contributed by atoms with Crippen LogP contribution < -0.4 is 5.32 Å². The average Bonchev–Trinajstić information content (AvgIpc) is 2.86. The smallest absolute Gasteiger partial charge is 0.336 e. The maximum atomic E-state index is 10.3. The van der Waals surface area contributed by atoms with Gasteiger partial charge in [0.15, 0.2) is 5.60 Å². The number of hydrogen-bond donors (Lipinski definition) is 5. The quantitative estimate of drug-likeness (QED) is 0.237. The first-order chi connectivity index (χ1) is 19.6. The van der Waals surface area contributed by atoms with Crippen LogP contribution in [-0.4, -0.2) is 75.9 Å². The zero-order valence-corrected chi connectivity index (χ0v) is 24.4. The molecule has 1 aromatic carbocycles. The number of aromatic nitrogens is 2. The van der Waals surface area contributed by atoms with Crippen molar-refractivity contribution in [1.29, 1.82) is 0 Å². The predicted molar refractivity (Wildman–Crippen MR) is 157 cm³/mol. The molecule has 3 aromatic rings. The fourth-order valence-electron chi connectivity index (χ4n) is 5.66. The van der Waals surface area contributed by atoms with Gasteiger partial charge in [-0.1, -0.05) is 30.3 Å². The highest BCUT2D eigenvalue weighted by molar-refractivity contribution is 5.88. The summed E-state index contributed by atoms with van der Waals surface area (Å²) in [6.07, 6.45) is 1.81. The number of nitrogens with one attached hydrogen (secondary N) is 1. The Labute approximate surface area is 245 Å². The molecule has 1 fully saturated rings. The van der Waals surface area contributed by atoms with Crippen molar-refractivity contribution in [2.45, 2.75) is 89.2 Å². The summed E-state index contributed by atoms with van der Waals surface area (Å²) in [4.78, 5) is 42.6. The van der Waals surface area contributed by atoms with E-state index >= 15 is 0 Å². The maximum Gasteiger partial charge on any atom is 0.336 e. The first-order valence-corrected chi connectivity index (χ1v) is 13.7. The lowest BCUT2D eigenvalue weighted by atomic mass is 9.79. The van der Waals surface area contributed by atoms with Gasteiger partial charge in [-0.3, -0.25) is 24.5 Å². The van der Waals surface area contributed by atoms with E-state index < -0.39 is 36.4 Å². The van der Waals surface area contributed by atoms with Crippen LogP contribution in [0.1, 0.15) is 64.8 Å². The number of aliphatic carboxylic acids is 3. The first-order valence-electron chi connectivity index (χ1n) is 13.7. The molecule has 0 atom stereocenters. The maximum absolute atomic E-state index is 10.3. The Bertz CT molecular complexity index is 1360. The van der Waals surface area contributed by atoms with E-state index in [0.717, 1.165) is 42.8 Å². The van der Waals surface area contributed by atoms with Crippen molar-refractivity contribution in [2.75, 3.05) is 0 Å². The molecule has 5 N–H and O–H groups in total. The van der Waals surface area contributed by atoms with E-state index in [1.807, 2.05) is 12.3 Å². The standard InChI is InChI=1S/C25H32N4.C6H8O7/c1-24(2)15-22(16-25(3,4)28-24)29(17-20-10-7-8-14-26-20)18-21-13-12-19-9-5-6-11-23(19)27-21;7-3(8)1-6(13,5(11)12)2-4(9)10/h5-14,22,28H,15-18H2,1-4H3;13H,1-2H2,(H,7,8)(H,9,10)(H,11,12). The van der Waals surface area contributed by atoms with Gasteiger partial charge in [0, 0.05) is 41.8 Å². The van der Waals surface area contributed by atoms with Gasteiger partial charge < -0.3 is 25.7 Å². The topological polar surface area (TPSA) is 173 Å². The molecular formula is C31H40N4O7. The molecule has 0 aliphatic carbocycles. The van der Waals surface area contributed by atoms with Crippen molar-refractivity contribution < 1.29 is 34.8 Å². The van der Waals surface area contributed by atoms with Gasteiger partial charge in [0.1, 0.15) is 0 Å². The van der Waals surface area contributed by atoms with Crippen LogP contribution in [0.25, 0.3) is 10.9 Å². The van der Waals surface area contributed by atoms with Crippen LogP contribution in [-0.2, 0) is 27.5 Å². The molecule has 11 nitrogen and oxygen atoms in total. The number of carboxylic acid groups (broad SMARTS) is 3. The average molecular weight is 581 g/mol. The van der Waals surface area contributed by atoms with Crippen molar-refractivity contribution >= 4 is 28.8 Å². The van der Waals surface area contributed by atoms with E-state index in [1.165, 1.54) is 5.39 Å². The van der Waals surface area contributed by atoms with Crippen molar-refractivity contribution in [3.63, 3.8) is 0 Å². The molecule has 0 saturated carbocycles. The van der Waals surface area contributed by atoms with Crippen molar-refractivity contribution in [1.82, 2.24) is 20.2 Å². The van der Waals surface area contributed by atoms with Gasteiger partial charge in [0.05, 0.1) is 29.7 Å². The summed E-state index contributed by atoms with van der Waals surface area (Å²) in [5.41, 5.74) is 0.763. The van der Waals surface area contributed by atoms with Crippen molar-refractivity contribution in [2.24, 2.45) is 0 Å². The second-order valence-corrected chi connectivity index (χ2v) is 12.2. The summed E-state index contributed by atoms with van der Waals surface area (Å²) in [6.45, 7) is 10.9. The summed E-state index contributed by atoms with van der Waals surface area (Å²) < 4.78 is 0. The monoisotopic (exact) mass is 580 g/mol. The molecule has 0 radical (unpaired) electrons. The van der Waals surface area contributed by atoms with Gasteiger partial charge in [-0.05, 0) is 64.8 Å². The highest BCUT2D eigenvalue weighted by Gasteiger charge is 2.41. The molecule has 0 amide bonds. The molecule has 42 heavy (non-hydrogen) atoms. The summed E-state index contributed by atoms with van der Waals surface area (Å²) in [7, 11) is 0. The molecule has 11 heteroatoms.